The first-order chi connectivity index (χ1) is 7.86. The van der Waals surface area contributed by atoms with Gasteiger partial charge in [0.1, 0.15) is 6.04 Å². The summed E-state index contributed by atoms with van der Waals surface area (Å²) in [7, 11) is 3.44. The minimum Gasteiger partial charge on any atom is -0.347 e. The van der Waals surface area contributed by atoms with Crippen LogP contribution in [-0.4, -0.2) is 54.3 Å². The zero-order valence-electron chi connectivity index (χ0n) is 11.1. The molecule has 2 N–H and O–H groups in total. The lowest BCUT2D eigenvalue weighted by atomic mass is 10.0. The van der Waals surface area contributed by atoms with E-state index in [-0.39, 0.29) is 29.8 Å². The normalized spacial score (nSPS) is 23.4. The fraction of sp³-hybridized carbons (Fsp3) is 0.833. The van der Waals surface area contributed by atoms with E-state index in [1.165, 1.54) is 0 Å². The number of hydrogen-bond donors (Lipinski definition) is 1. The van der Waals surface area contributed by atoms with Crippen LogP contribution in [0.4, 0.5) is 0 Å². The fourth-order valence-electron chi connectivity index (χ4n) is 2.07. The predicted octanol–water partition coefficient (Wildman–Crippen LogP) is 0.0489. The summed E-state index contributed by atoms with van der Waals surface area (Å²) < 4.78 is 0. The fourth-order valence-corrected chi connectivity index (χ4v) is 2.07. The van der Waals surface area contributed by atoms with Crippen molar-refractivity contribution in [2.24, 2.45) is 11.7 Å². The molecule has 1 heterocycles. The second-order valence-electron chi connectivity index (χ2n) is 5.07. The number of amides is 2. The van der Waals surface area contributed by atoms with Gasteiger partial charge in [-0.15, -0.1) is 0 Å². The van der Waals surface area contributed by atoms with E-state index in [0.29, 0.717) is 6.54 Å². The highest BCUT2D eigenvalue weighted by Crippen LogP contribution is 2.21. The Hall–Kier alpha value is -1.10. The lowest BCUT2D eigenvalue weighted by Crippen LogP contribution is -2.49. The summed E-state index contributed by atoms with van der Waals surface area (Å²) in [6.07, 6.45) is 1.65. The highest BCUT2D eigenvalue weighted by atomic mass is 16.2. The number of carbonyl (C=O) groups excluding carboxylic acids is 2. The molecule has 3 atom stereocenters. The summed E-state index contributed by atoms with van der Waals surface area (Å²) in [6.45, 7) is 4.31. The third-order valence-corrected chi connectivity index (χ3v) is 3.44. The van der Waals surface area contributed by atoms with Gasteiger partial charge in [0.15, 0.2) is 0 Å². The molecule has 5 nitrogen and oxygen atoms in total. The maximum absolute atomic E-state index is 12.2. The van der Waals surface area contributed by atoms with E-state index in [4.69, 9.17) is 5.73 Å². The molecule has 0 bridgehead atoms. The maximum Gasteiger partial charge on any atom is 0.244 e. The second-order valence-corrected chi connectivity index (χ2v) is 5.07. The monoisotopic (exact) mass is 241 g/mol. The summed E-state index contributed by atoms with van der Waals surface area (Å²) in [5.41, 5.74) is 5.74. The van der Waals surface area contributed by atoms with Crippen molar-refractivity contribution in [3.05, 3.63) is 0 Å². The van der Waals surface area contributed by atoms with Crippen LogP contribution >= 0.6 is 0 Å². The molecule has 2 amide bonds. The topological polar surface area (TPSA) is 66.6 Å². The molecule has 0 saturated carbocycles. The summed E-state index contributed by atoms with van der Waals surface area (Å²) in [4.78, 5) is 27.4. The third-order valence-electron chi connectivity index (χ3n) is 3.44. The first-order valence-electron chi connectivity index (χ1n) is 6.13. The van der Waals surface area contributed by atoms with Gasteiger partial charge in [-0.05, 0) is 19.8 Å². The zero-order valence-corrected chi connectivity index (χ0v) is 11.1. The Kier molecular flexibility index (Phi) is 4.51. The minimum absolute atomic E-state index is 0.00213. The Morgan fingerprint density at radius 3 is 2.41 bits per heavy atom. The van der Waals surface area contributed by atoms with Crippen LogP contribution in [0.3, 0.4) is 0 Å². The van der Waals surface area contributed by atoms with Crippen molar-refractivity contribution in [3.63, 3.8) is 0 Å². The van der Waals surface area contributed by atoms with Crippen molar-refractivity contribution in [2.45, 2.75) is 38.8 Å². The maximum atomic E-state index is 12.2. The van der Waals surface area contributed by atoms with E-state index in [0.717, 1.165) is 12.8 Å². The molecule has 1 saturated heterocycles. The average Bonchev–Trinajstić information content (AvgIpc) is 2.74. The molecule has 1 rings (SSSR count). The lowest BCUT2D eigenvalue weighted by Gasteiger charge is -2.29. The van der Waals surface area contributed by atoms with Gasteiger partial charge in [-0.3, -0.25) is 9.59 Å². The molecule has 17 heavy (non-hydrogen) atoms. The van der Waals surface area contributed by atoms with E-state index in [9.17, 15) is 9.59 Å². The van der Waals surface area contributed by atoms with Crippen LogP contribution in [0.1, 0.15) is 26.7 Å². The SMILES string of the molecule is CC(N)C(C)C(=O)N1CCCC1C(=O)N(C)C. The van der Waals surface area contributed by atoms with Crippen molar-refractivity contribution in [3.8, 4) is 0 Å². The number of likely N-dealkylation sites (N-methyl/N-ethyl adjacent to an activating group) is 1. The van der Waals surface area contributed by atoms with Crippen molar-refractivity contribution in [1.29, 1.82) is 0 Å². The molecule has 0 aliphatic carbocycles. The molecule has 0 aromatic rings. The Bertz CT molecular complexity index is 302. The highest BCUT2D eigenvalue weighted by Gasteiger charge is 2.37. The van der Waals surface area contributed by atoms with Crippen LogP contribution in [-0.2, 0) is 9.59 Å². The van der Waals surface area contributed by atoms with Crippen molar-refractivity contribution in [1.82, 2.24) is 9.80 Å². The van der Waals surface area contributed by atoms with Crippen LogP contribution in [0.5, 0.6) is 0 Å². The second kappa shape index (κ2) is 5.49. The zero-order chi connectivity index (χ0) is 13.2. The summed E-state index contributed by atoms with van der Waals surface area (Å²) in [5.74, 6) is -0.226. The number of carbonyl (C=O) groups is 2. The molecule has 0 aromatic carbocycles. The number of nitrogens with zero attached hydrogens (tertiary/aromatic N) is 2. The first kappa shape index (κ1) is 14.0. The Morgan fingerprint density at radius 2 is 1.94 bits per heavy atom. The van der Waals surface area contributed by atoms with Gasteiger partial charge >= 0.3 is 0 Å². The van der Waals surface area contributed by atoms with Crippen LogP contribution in [0, 0.1) is 5.92 Å². The molecule has 1 fully saturated rings. The molecule has 0 aromatic heterocycles. The van der Waals surface area contributed by atoms with E-state index in [2.05, 4.69) is 0 Å². The van der Waals surface area contributed by atoms with Gasteiger partial charge in [0, 0.05) is 26.7 Å². The number of hydrogen-bond acceptors (Lipinski definition) is 3. The highest BCUT2D eigenvalue weighted by molar-refractivity contribution is 5.89. The van der Waals surface area contributed by atoms with Crippen LogP contribution < -0.4 is 5.73 Å². The molecule has 0 spiro atoms. The van der Waals surface area contributed by atoms with E-state index in [1.807, 2.05) is 13.8 Å². The van der Waals surface area contributed by atoms with Crippen LogP contribution in [0.25, 0.3) is 0 Å². The van der Waals surface area contributed by atoms with E-state index < -0.39 is 0 Å². The quantitative estimate of drug-likeness (QED) is 0.759. The van der Waals surface area contributed by atoms with Gasteiger partial charge in [0.2, 0.25) is 11.8 Å². The van der Waals surface area contributed by atoms with Gasteiger partial charge in [0.05, 0.1) is 5.92 Å². The molecular formula is C12H23N3O2. The minimum atomic E-state index is -0.293. The van der Waals surface area contributed by atoms with Gasteiger partial charge in [0.25, 0.3) is 0 Å². The Labute approximate surface area is 103 Å². The Balaban J connectivity index is 2.76. The third kappa shape index (κ3) is 2.97. The predicted molar refractivity (Wildman–Crippen MR) is 66.2 cm³/mol. The largest absolute Gasteiger partial charge is 0.347 e. The summed E-state index contributed by atoms with van der Waals surface area (Å²) >= 11 is 0. The number of rotatable bonds is 3. The standard InChI is InChI=1S/C12H23N3O2/c1-8(9(2)13)11(16)15-7-5-6-10(15)12(17)14(3)4/h8-10H,5-7,13H2,1-4H3. The van der Waals surface area contributed by atoms with E-state index >= 15 is 0 Å². The average molecular weight is 241 g/mol. The molecule has 0 radical (unpaired) electrons. The van der Waals surface area contributed by atoms with Gasteiger partial charge in [-0.2, -0.15) is 0 Å². The number of nitrogens with two attached hydrogens (primary N) is 1. The van der Waals surface area contributed by atoms with Crippen molar-refractivity contribution < 1.29 is 9.59 Å². The molecule has 1 aliphatic rings. The smallest absolute Gasteiger partial charge is 0.244 e. The molecular weight excluding hydrogens is 218 g/mol. The van der Waals surface area contributed by atoms with Gasteiger partial charge in [-0.25, -0.2) is 0 Å². The van der Waals surface area contributed by atoms with Crippen LogP contribution in [0.2, 0.25) is 0 Å². The van der Waals surface area contributed by atoms with Crippen LogP contribution in [0.15, 0.2) is 0 Å². The van der Waals surface area contributed by atoms with Crippen molar-refractivity contribution >= 4 is 11.8 Å². The molecule has 98 valence electrons. The van der Waals surface area contributed by atoms with Gasteiger partial charge in [-0.1, -0.05) is 6.92 Å². The molecule has 1 aliphatic heterocycles. The van der Waals surface area contributed by atoms with E-state index in [1.54, 1.807) is 23.9 Å². The van der Waals surface area contributed by atoms with Gasteiger partial charge < -0.3 is 15.5 Å². The first-order valence-corrected chi connectivity index (χ1v) is 6.13. The molecule has 3 unspecified atom stereocenters. The number of likely N-dealkylation sites (tertiary alicyclic amines) is 1. The Morgan fingerprint density at radius 1 is 1.35 bits per heavy atom. The van der Waals surface area contributed by atoms with Crippen molar-refractivity contribution in [2.75, 3.05) is 20.6 Å². The lowest BCUT2D eigenvalue weighted by molar-refractivity contribution is -0.144. The summed E-state index contributed by atoms with van der Waals surface area (Å²) in [6, 6.07) is -0.475. The molecule has 5 heteroatoms. The summed E-state index contributed by atoms with van der Waals surface area (Å²) in [5, 5.41) is 0.